The van der Waals surface area contributed by atoms with Crippen molar-refractivity contribution in [3.05, 3.63) is 53.6 Å². The van der Waals surface area contributed by atoms with Gasteiger partial charge in [-0.15, -0.1) is 0 Å². The Kier molecular flexibility index (Phi) is 5.28. The Balaban J connectivity index is 1.07. The minimum Gasteiger partial charge on any atom is -0.492 e. The second-order valence-electron chi connectivity index (χ2n) is 10.6. The standard InChI is InChI=1S/C27H28FN5O3/c1-26(35)13-18(14-26)33-16-30-23-12-19(11-21(28)24(23)33)36-9-8-32-6-4-27(5-7-32)20-10-17(15-29)2-3-22(20)31-25(27)34/h2-3,10-12,16,18,35H,4-9,13-14H2,1H3,(H,31,34)/t18-,26+. The molecule has 1 aromatic heterocycles. The second-order valence-corrected chi connectivity index (χ2v) is 10.6. The third-order valence-corrected chi connectivity index (χ3v) is 8.07. The summed E-state index contributed by atoms with van der Waals surface area (Å²) in [5, 5.41) is 22.3. The highest BCUT2D eigenvalue weighted by Crippen LogP contribution is 2.45. The number of nitriles is 1. The van der Waals surface area contributed by atoms with E-state index in [4.69, 9.17) is 4.74 Å². The molecule has 2 N–H and O–H groups in total. The van der Waals surface area contributed by atoms with Crippen LogP contribution in [0.1, 0.15) is 49.8 Å². The molecule has 0 bridgehead atoms. The molecule has 9 heteroatoms. The third-order valence-electron chi connectivity index (χ3n) is 8.07. The Morgan fingerprint density at radius 1 is 1.28 bits per heavy atom. The number of nitrogens with one attached hydrogen (secondary N) is 1. The van der Waals surface area contributed by atoms with Crippen LogP contribution in [-0.2, 0) is 10.2 Å². The van der Waals surface area contributed by atoms with Gasteiger partial charge in [0.25, 0.3) is 0 Å². The number of carbonyl (C=O) groups is 1. The van der Waals surface area contributed by atoms with Crippen molar-refractivity contribution in [2.75, 3.05) is 31.6 Å². The number of piperidine rings is 1. The van der Waals surface area contributed by atoms with E-state index in [1.54, 1.807) is 25.4 Å². The van der Waals surface area contributed by atoms with Crippen molar-refractivity contribution >= 4 is 22.6 Å². The summed E-state index contributed by atoms with van der Waals surface area (Å²) >= 11 is 0. The first-order chi connectivity index (χ1) is 17.3. The maximum absolute atomic E-state index is 14.9. The first-order valence-corrected chi connectivity index (χ1v) is 12.4. The van der Waals surface area contributed by atoms with Gasteiger partial charge in [0.2, 0.25) is 5.91 Å². The van der Waals surface area contributed by atoms with Crippen molar-refractivity contribution in [3.8, 4) is 11.8 Å². The zero-order valence-electron chi connectivity index (χ0n) is 20.1. The van der Waals surface area contributed by atoms with Crippen LogP contribution in [0, 0.1) is 17.1 Å². The maximum Gasteiger partial charge on any atom is 0.235 e. The van der Waals surface area contributed by atoms with Gasteiger partial charge >= 0.3 is 0 Å². The summed E-state index contributed by atoms with van der Waals surface area (Å²) < 4.78 is 22.6. The van der Waals surface area contributed by atoms with Gasteiger partial charge in [-0.3, -0.25) is 9.69 Å². The lowest BCUT2D eigenvalue weighted by Gasteiger charge is -2.41. The largest absolute Gasteiger partial charge is 0.492 e. The number of benzene rings is 2. The number of hydrogen-bond donors (Lipinski definition) is 2. The van der Waals surface area contributed by atoms with Crippen LogP contribution in [0.5, 0.6) is 5.75 Å². The molecule has 0 atom stereocenters. The predicted molar refractivity (Wildman–Crippen MR) is 131 cm³/mol. The highest BCUT2D eigenvalue weighted by atomic mass is 19.1. The molecular formula is C27H28FN5O3. The van der Waals surface area contributed by atoms with Crippen LogP contribution in [0.15, 0.2) is 36.7 Å². The molecule has 3 heterocycles. The number of aliphatic hydroxyl groups is 1. The fourth-order valence-corrected chi connectivity index (χ4v) is 6.04. The zero-order chi connectivity index (χ0) is 25.1. The lowest BCUT2D eigenvalue weighted by atomic mass is 9.73. The monoisotopic (exact) mass is 489 g/mol. The smallest absolute Gasteiger partial charge is 0.235 e. The summed E-state index contributed by atoms with van der Waals surface area (Å²) in [5.41, 5.74) is 2.00. The summed E-state index contributed by atoms with van der Waals surface area (Å²) in [6.45, 7) is 4.31. The molecule has 0 radical (unpaired) electrons. The van der Waals surface area contributed by atoms with E-state index in [1.807, 2.05) is 16.7 Å². The number of rotatable bonds is 5. The van der Waals surface area contributed by atoms with E-state index < -0.39 is 11.0 Å². The van der Waals surface area contributed by atoms with Gasteiger partial charge < -0.3 is 19.7 Å². The summed E-state index contributed by atoms with van der Waals surface area (Å²) in [7, 11) is 0. The molecule has 36 heavy (non-hydrogen) atoms. The number of nitrogens with zero attached hydrogens (tertiary/aromatic N) is 4. The quantitative estimate of drug-likeness (QED) is 0.569. The Bertz CT molecular complexity index is 1390. The van der Waals surface area contributed by atoms with Crippen LogP contribution in [0.25, 0.3) is 11.0 Å². The van der Waals surface area contributed by atoms with Crippen molar-refractivity contribution in [1.29, 1.82) is 5.26 Å². The number of likely N-dealkylation sites (tertiary alicyclic amines) is 1. The fourth-order valence-electron chi connectivity index (χ4n) is 6.04. The number of halogens is 1. The molecule has 6 rings (SSSR count). The Morgan fingerprint density at radius 2 is 2.06 bits per heavy atom. The number of amides is 1. The molecule has 2 aliphatic heterocycles. The van der Waals surface area contributed by atoms with Crippen LogP contribution < -0.4 is 10.1 Å². The zero-order valence-corrected chi connectivity index (χ0v) is 20.1. The molecule has 8 nitrogen and oxygen atoms in total. The molecule has 1 amide bonds. The molecule has 1 saturated carbocycles. The van der Waals surface area contributed by atoms with E-state index in [2.05, 4.69) is 21.3 Å². The number of fused-ring (bicyclic) bond motifs is 3. The Labute approximate surface area is 208 Å². The van der Waals surface area contributed by atoms with Crippen molar-refractivity contribution in [3.63, 3.8) is 0 Å². The summed E-state index contributed by atoms with van der Waals surface area (Å²) in [4.78, 5) is 19.5. The Morgan fingerprint density at radius 3 is 2.78 bits per heavy atom. The van der Waals surface area contributed by atoms with Gasteiger partial charge in [0.05, 0.1) is 34.5 Å². The van der Waals surface area contributed by atoms with Gasteiger partial charge in [-0.25, -0.2) is 9.37 Å². The van der Waals surface area contributed by atoms with Crippen molar-refractivity contribution in [2.45, 2.75) is 49.7 Å². The van der Waals surface area contributed by atoms with Crippen LogP contribution in [0.3, 0.4) is 0 Å². The van der Waals surface area contributed by atoms with E-state index in [0.29, 0.717) is 61.2 Å². The molecule has 1 aliphatic carbocycles. The average molecular weight is 490 g/mol. The van der Waals surface area contributed by atoms with Crippen molar-refractivity contribution in [2.24, 2.45) is 0 Å². The number of aromatic nitrogens is 2. The molecule has 1 spiro atoms. The molecule has 3 aromatic rings. The normalized spacial score (nSPS) is 24.8. The van der Waals surface area contributed by atoms with Gasteiger partial charge in [0.15, 0.2) is 5.82 Å². The minimum atomic E-state index is -0.695. The topological polar surface area (TPSA) is 103 Å². The molecule has 0 unspecified atom stereocenters. The van der Waals surface area contributed by atoms with Gasteiger partial charge in [0, 0.05) is 30.4 Å². The van der Waals surface area contributed by atoms with Crippen molar-refractivity contribution in [1.82, 2.24) is 14.5 Å². The van der Waals surface area contributed by atoms with E-state index in [1.165, 1.54) is 6.07 Å². The summed E-state index contributed by atoms with van der Waals surface area (Å²) in [6, 6.07) is 10.8. The molecule has 3 aliphatic rings. The van der Waals surface area contributed by atoms with E-state index in [9.17, 15) is 19.6 Å². The fraction of sp³-hybridized carbons (Fsp3) is 0.444. The lowest BCUT2D eigenvalue weighted by Crippen LogP contribution is -2.47. The Hall–Kier alpha value is -3.48. The highest BCUT2D eigenvalue weighted by molar-refractivity contribution is 6.06. The molecule has 2 aromatic carbocycles. The number of hydrogen-bond acceptors (Lipinski definition) is 6. The molecule has 186 valence electrons. The van der Waals surface area contributed by atoms with Crippen molar-refractivity contribution < 1.29 is 19.0 Å². The van der Waals surface area contributed by atoms with E-state index in [-0.39, 0.29) is 17.8 Å². The number of ether oxygens (including phenoxy) is 1. The first kappa shape index (κ1) is 23.0. The molecule has 2 fully saturated rings. The number of carbonyl (C=O) groups excluding carboxylic acids is 1. The van der Waals surface area contributed by atoms with Gasteiger partial charge in [-0.2, -0.15) is 5.26 Å². The number of imidazole rings is 1. The minimum absolute atomic E-state index is 0.0113. The van der Waals surface area contributed by atoms with Crippen LogP contribution >= 0.6 is 0 Å². The first-order valence-electron chi connectivity index (χ1n) is 12.4. The molecular weight excluding hydrogens is 461 g/mol. The predicted octanol–water partition coefficient (Wildman–Crippen LogP) is 3.50. The highest BCUT2D eigenvalue weighted by Gasteiger charge is 2.48. The second kappa shape index (κ2) is 8.29. The summed E-state index contributed by atoms with van der Waals surface area (Å²) in [5.74, 6) is 0.0683. The van der Waals surface area contributed by atoms with Gasteiger partial charge in [-0.1, -0.05) is 0 Å². The maximum atomic E-state index is 14.9. The summed E-state index contributed by atoms with van der Waals surface area (Å²) in [6.07, 6.45) is 4.15. The SMILES string of the molecule is C[C@]1(O)C[C@@H](n2cnc3cc(OCCN4CCC5(CC4)C(=O)Nc4ccc(C#N)cc45)cc(F)c32)C1. The van der Waals surface area contributed by atoms with Gasteiger partial charge in [0.1, 0.15) is 17.9 Å². The third kappa shape index (κ3) is 3.72. The van der Waals surface area contributed by atoms with Crippen LogP contribution in [0.4, 0.5) is 10.1 Å². The lowest BCUT2D eigenvalue weighted by molar-refractivity contribution is -0.122. The van der Waals surface area contributed by atoms with E-state index in [0.717, 1.165) is 24.3 Å². The van der Waals surface area contributed by atoms with Crippen LogP contribution in [-0.4, -0.2) is 57.3 Å². The number of anilines is 1. The van der Waals surface area contributed by atoms with E-state index >= 15 is 0 Å². The van der Waals surface area contributed by atoms with Gasteiger partial charge in [-0.05, 0) is 69.5 Å². The average Bonchev–Trinajstić information content (AvgIpc) is 3.38. The van der Waals surface area contributed by atoms with Crippen LogP contribution in [0.2, 0.25) is 0 Å². The molecule has 1 saturated heterocycles.